The third-order valence-electron chi connectivity index (χ3n) is 2.39. The maximum absolute atomic E-state index is 5.78. The van der Waals surface area contributed by atoms with Crippen molar-refractivity contribution in [1.82, 2.24) is 9.27 Å². The minimum Gasteiger partial charge on any atom is -0.487 e. The molecule has 0 aromatic carbocycles. The van der Waals surface area contributed by atoms with Crippen molar-refractivity contribution in [1.29, 1.82) is 0 Å². The van der Waals surface area contributed by atoms with Crippen molar-refractivity contribution in [3.8, 4) is 5.75 Å². The van der Waals surface area contributed by atoms with E-state index in [0.717, 1.165) is 30.3 Å². The van der Waals surface area contributed by atoms with Gasteiger partial charge in [-0.3, -0.25) is 0 Å². The summed E-state index contributed by atoms with van der Waals surface area (Å²) in [5.41, 5.74) is 5.78. The lowest BCUT2D eigenvalue weighted by Gasteiger charge is -2.19. The maximum atomic E-state index is 5.78. The van der Waals surface area contributed by atoms with Gasteiger partial charge in [-0.15, -0.1) is 0 Å². The highest BCUT2D eigenvalue weighted by molar-refractivity contribution is 7.11. The molecule has 0 atom stereocenters. The Hall–Kier alpha value is -1.01. The van der Waals surface area contributed by atoms with Gasteiger partial charge in [-0.05, 0) is 45.5 Å². The molecule has 0 unspecified atom stereocenters. The molecule has 0 spiro atoms. The van der Waals surface area contributed by atoms with Crippen molar-refractivity contribution in [3.05, 3.63) is 0 Å². The van der Waals surface area contributed by atoms with Gasteiger partial charge in [0, 0.05) is 13.6 Å². The number of aromatic nitrogens is 1. The second-order valence-corrected chi connectivity index (χ2v) is 4.97. The fraction of sp³-hybridized carbons (Fsp3) is 0.727. The number of ether oxygens (including phenoxy) is 1. The number of nitrogens with two attached hydrogens (primary N) is 1. The lowest BCUT2D eigenvalue weighted by molar-refractivity contribution is 0.343. The van der Waals surface area contributed by atoms with E-state index < -0.39 is 0 Å². The highest BCUT2D eigenvalue weighted by atomic mass is 32.1. The van der Waals surface area contributed by atoms with Gasteiger partial charge in [0.25, 0.3) is 0 Å². The molecule has 1 aromatic heterocycles. The average molecular weight is 258 g/mol. The molecule has 1 rings (SSSR count). The van der Waals surface area contributed by atoms with Gasteiger partial charge in [-0.25, -0.2) is 0 Å². The van der Waals surface area contributed by atoms with Gasteiger partial charge < -0.3 is 20.3 Å². The molecule has 0 aliphatic carbocycles. The molecule has 0 radical (unpaired) electrons. The zero-order chi connectivity index (χ0) is 12.8. The molecule has 0 bridgehead atoms. The van der Waals surface area contributed by atoms with Crippen LogP contribution in [-0.2, 0) is 0 Å². The molecule has 0 aliphatic heterocycles. The van der Waals surface area contributed by atoms with Crippen LogP contribution in [0.4, 0.5) is 10.8 Å². The quantitative estimate of drug-likeness (QED) is 0.803. The Kier molecular flexibility index (Phi) is 5.50. The Morgan fingerprint density at radius 3 is 2.59 bits per heavy atom. The molecule has 0 amide bonds. The molecule has 0 fully saturated rings. The number of hydrogen-bond acceptors (Lipinski definition) is 6. The summed E-state index contributed by atoms with van der Waals surface area (Å²) in [6.07, 6.45) is 1.10. The van der Waals surface area contributed by atoms with E-state index in [1.54, 1.807) is 0 Å². The fourth-order valence-electron chi connectivity index (χ4n) is 1.53. The van der Waals surface area contributed by atoms with Crippen LogP contribution in [0.15, 0.2) is 0 Å². The topological polar surface area (TPSA) is 54.6 Å². The molecular weight excluding hydrogens is 236 g/mol. The number of rotatable bonds is 7. The van der Waals surface area contributed by atoms with E-state index in [-0.39, 0.29) is 0 Å². The van der Waals surface area contributed by atoms with E-state index in [4.69, 9.17) is 10.5 Å². The smallest absolute Gasteiger partial charge is 0.197 e. The first-order valence-corrected chi connectivity index (χ1v) is 6.57. The molecule has 17 heavy (non-hydrogen) atoms. The average Bonchev–Trinajstić information content (AvgIpc) is 2.61. The third-order valence-corrected chi connectivity index (χ3v) is 3.35. The summed E-state index contributed by atoms with van der Waals surface area (Å²) in [5, 5.41) is 1.02. The van der Waals surface area contributed by atoms with Crippen molar-refractivity contribution in [3.63, 3.8) is 0 Å². The zero-order valence-corrected chi connectivity index (χ0v) is 11.9. The summed E-state index contributed by atoms with van der Waals surface area (Å²) in [7, 11) is 6.21. The standard InChI is InChI=1S/C11H22N4OS/c1-5-16-9-10(12)13-17-11(9)15(4)8-6-7-14(2)3/h5-8H2,1-4H3,(H2,12,13). The van der Waals surface area contributed by atoms with E-state index in [1.165, 1.54) is 11.5 Å². The van der Waals surface area contributed by atoms with Gasteiger partial charge in [0.15, 0.2) is 16.6 Å². The van der Waals surface area contributed by atoms with Crippen LogP contribution in [0.25, 0.3) is 0 Å². The molecule has 0 aliphatic rings. The Bertz CT molecular complexity index is 340. The van der Waals surface area contributed by atoms with Gasteiger partial charge in [-0.1, -0.05) is 0 Å². The Balaban J connectivity index is 2.58. The van der Waals surface area contributed by atoms with Crippen LogP contribution in [0.3, 0.4) is 0 Å². The fourth-order valence-corrected chi connectivity index (χ4v) is 2.28. The lowest BCUT2D eigenvalue weighted by atomic mass is 10.3. The summed E-state index contributed by atoms with van der Waals surface area (Å²) in [6, 6.07) is 0. The summed E-state index contributed by atoms with van der Waals surface area (Å²) in [5.74, 6) is 1.22. The Morgan fingerprint density at radius 2 is 2.00 bits per heavy atom. The maximum Gasteiger partial charge on any atom is 0.197 e. The van der Waals surface area contributed by atoms with E-state index in [1.807, 2.05) is 14.0 Å². The van der Waals surface area contributed by atoms with Gasteiger partial charge in [0.05, 0.1) is 6.61 Å². The normalized spacial score (nSPS) is 10.9. The van der Waals surface area contributed by atoms with Crippen molar-refractivity contribution >= 4 is 22.4 Å². The molecule has 0 saturated carbocycles. The van der Waals surface area contributed by atoms with Crippen LogP contribution in [0.5, 0.6) is 5.75 Å². The second kappa shape index (κ2) is 6.66. The van der Waals surface area contributed by atoms with Crippen molar-refractivity contribution in [2.45, 2.75) is 13.3 Å². The minimum absolute atomic E-state index is 0.492. The van der Waals surface area contributed by atoms with Gasteiger partial charge >= 0.3 is 0 Å². The molecule has 5 nitrogen and oxygen atoms in total. The number of hydrogen-bond donors (Lipinski definition) is 1. The van der Waals surface area contributed by atoms with E-state index in [2.05, 4.69) is 28.3 Å². The highest BCUT2D eigenvalue weighted by Gasteiger charge is 2.16. The van der Waals surface area contributed by atoms with Crippen LogP contribution in [0, 0.1) is 0 Å². The number of nitrogens with zero attached hydrogens (tertiary/aromatic N) is 3. The first-order valence-electron chi connectivity index (χ1n) is 5.80. The van der Waals surface area contributed by atoms with Gasteiger partial charge in [0.2, 0.25) is 0 Å². The SMILES string of the molecule is CCOc1c(N)nsc1N(C)CCCN(C)C. The van der Waals surface area contributed by atoms with Crippen molar-refractivity contribution in [2.24, 2.45) is 0 Å². The van der Waals surface area contributed by atoms with Crippen molar-refractivity contribution < 1.29 is 4.74 Å². The van der Waals surface area contributed by atoms with Crippen LogP contribution < -0.4 is 15.4 Å². The van der Waals surface area contributed by atoms with Crippen LogP contribution >= 0.6 is 11.5 Å². The first-order chi connectivity index (χ1) is 8.06. The van der Waals surface area contributed by atoms with Crippen LogP contribution in [0.1, 0.15) is 13.3 Å². The zero-order valence-electron chi connectivity index (χ0n) is 11.1. The van der Waals surface area contributed by atoms with Gasteiger partial charge in [-0.2, -0.15) is 4.37 Å². The second-order valence-electron chi connectivity index (χ2n) is 4.21. The number of anilines is 2. The molecule has 98 valence electrons. The third kappa shape index (κ3) is 4.05. The van der Waals surface area contributed by atoms with E-state index >= 15 is 0 Å². The van der Waals surface area contributed by atoms with Crippen LogP contribution in [-0.4, -0.2) is 50.1 Å². The van der Waals surface area contributed by atoms with Gasteiger partial charge in [0.1, 0.15) is 0 Å². The Labute approximate surface area is 107 Å². The molecular formula is C11H22N4OS. The molecule has 1 aromatic rings. The summed E-state index contributed by atoms with van der Waals surface area (Å²) in [4.78, 5) is 4.33. The number of nitrogen functional groups attached to an aromatic ring is 1. The van der Waals surface area contributed by atoms with Crippen molar-refractivity contribution in [2.75, 3.05) is 51.5 Å². The molecule has 2 N–H and O–H groups in total. The van der Waals surface area contributed by atoms with Crippen LogP contribution in [0.2, 0.25) is 0 Å². The summed E-state index contributed by atoms with van der Waals surface area (Å²) >= 11 is 1.40. The predicted molar refractivity (Wildman–Crippen MR) is 74.1 cm³/mol. The lowest BCUT2D eigenvalue weighted by Crippen LogP contribution is -2.23. The summed E-state index contributed by atoms with van der Waals surface area (Å²) < 4.78 is 9.67. The molecule has 6 heteroatoms. The predicted octanol–water partition coefficient (Wildman–Crippen LogP) is 1.51. The first kappa shape index (κ1) is 14.1. The largest absolute Gasteiger partial charge is 0.487 e. The monoisotopic (exact) mass is 258 g/mol. The molecule has 1 heterocycles. The van der Waals surface area contributed by atoms with E-state index in [9.17, 15) is 0 Å². The minimum atomic E-state index is 0.492. The van der Waals surface area contributed by atoms with E-state index in [0.29, 0.717) is 12.4 Å². The highest BCUT2D eigenvalue weighted by Crippen LogP contribution is 2.37. The molecule has 0 saturated heterocycles. The summed E-state index contributed by atoms with van der Waals surface area (Å²) in [6.45, 7) is 4.61. The Morgan fingerprint density at radius 1 is 1.29 bits per heavy atom.